The van der Waals surface area contributed by atoms with E-state index in [2.05, 4.69) is 0 Å². The molecule has 0 fully saturated rings. The lowest BCUT2D eigenvalue weighted by molar-refractivity contribution is -0.137. The van der Waals surface area contributed by atoms with E-state index in [1.54, 1.807) is 0 Å². The van der Waals surface area contributed by atoms with Gasteiger partial charge in [0.1, 0.15) is 6.04 Å². The van der Waals surface area contributed by atoms with Crippen LogP contribution < -0.4 is 5.73 Å². The van der Waals surface area contributed by atoms with Gasteiger partial charge in [-0.05, 0) is 12.2 Å². The van der Waals surface area contributed by atoms with Crippen LogP contribution >= 0.6 is 19.4 Å². The molecule has 6 nitrogen and oxygen atoms in total. The van der Waals surface area contributed by atoms with Crippen molar-refractivity contribution in [2.75, 3.05) is 17.7 Å². The van der Waals surface area contributed by atoms with E-state index in [1.165, 1.54) is 11.8 Å². The second-order valence-corrected chi connectivity index (χ2v) is 5.69. The van der Waals surface area contributed by atoms with E-state index in [1.807, 2.05) is 0 Å². The molecule has 0 rings (SSSR count). The molecule has 8 heteroatoms. The standard InChI is InChI=1S/C6H14NO5PS/c7-5(6(8)9)4-14-3-1-2-13(10,11)12/h5H,1-4,7H2,(H,8,9)(H2,10,11,12). The van der Waals surface area contributed by atoms with Crippen LogP contribution in [0.5, 0.6) is 0 Å². The van der Waals surface area contributed by atoms with E-state index < -0.39 is 19.6 Å². The number of thioether (sulfide) groups is 1. The van der Waals surface area contributed by atoms with Crippen LogP contribution in [0.4, 0.5) is 0 Å². The van der Waals surface area contributed by atoms with Gasteiger partial charge in [-0.2, -0.15) is 11.8 Å². The quantitative estimate of drug-likeness (QED) is 0.357. The molecular weight excluding hydrogens is 229 g/mol. The molecular formula is C6H14NO5PS. The maximum absolute atomic E-state index is 10.4. The maximum atomic E-state index is 10.4. The Morgan fingerprint density at radius 2 is 2.07 bits per heavy atom. The topological polar surface area (TPSA) is 121 Å². The number of carboxylic acid groups (broad SMARTS) is 1. The molecule has 1 atom stereocenters. The van der Waals surface area contributed by atoms with Gasteiger partial charge in [0.05, 0.1) is 6.16 Å². The molecule has 0 radical (unpaired) electrons. The van der Waals surface area contributed by atoms with E-state index in [4.69, 9.17) is 20.6 Å². The summed E-state index contributed by atoms with van der Waals surface area (Å²) in [5, 5.41) is 8.40. The summed E-state index contributed by atoms with van der Waals surface area (Å²) in [5.74, 6) is -0.296. The van der Waals surface area contributed by atoms with Crippen molar-refractivity contribution in [2.45, 2.75) is 12.5 Å². The zero-order valence-corrected chi connectivity index (χ0v) is 9.21. The molecule has 0 aliphatic heterocycles. The third-order valence-corrected chi connectivity index (χ3v) is 3.42. The fraction of sp³-hybridized carbons (Fsp3) is 0.833. The van der Waals surface area contributed by atoms with Gasteiger partial charge in [0, 0.05) is 5.75 Å². The van der Waals surface area contributed by atoms with Gasteiger partial charge in [-0.3, -0.25) is 9.36 Å². The number of hydrogen-bond donors (Lipinski definition) is 4. The molecule has 0 heterocycles. The van der Waals surface area contributed by atoms with Crippen molar-refractivity contribution in [1.29, 1.82) is 0 Å². The lowest BCUT2D eigenvalue weighted by atomic mass is 10.4. The van der Waals surface area contributed by atoms with Gasteiger partial charge in [-0.15, -0.1) is 0 Å². The van der Waals surface area contributed by atoms with E-state index in [-0.39, 0.29) is 11.9 Å². The van der Waals surface area contributed by atoms with Crippen molar-refractivity contribution in [3.63, 3.8) is 0 Å². The summed E-state index contributed by atoms with van der Waals surface area (Å²) in [5.41, 5.74) is 5.21. The van der Waals surface area contributed by atoms with Gasteiger partial charge < -0.3 is 20.6 Å². The zero-order chi connectivity index (χ0) is 11.2. The second-order valence-electron chi connectivity index (χ2n) is 2.76. The fourth-order valence-electron chi connectivity index (χ4n) is 0.654. The highest BCUT2D eigenvalue weighted by molar-refractivity contribution is 7.99. The third-order valence-electron chi connectivity index (χ3n) is 1.35. The molecule has 0 saturated carbocycles. The van der Waals surface area contributed by atoms with Crippen molar-refractivity contribution in [1.82, 2.24) is 0 Å². The summed E-state index contributed by atoms with van der Waals surface area (Å²) in [7, 11) is -3.91. The molecule has 0 spiro atoms. The first-order valence-electron chi connectivity index (χ1n) is 3.93. The molecule has 1 unspecified atom stereocenters. The van der Waals surface area contributed by atoms with E-state index >= 15 is 0 Å². The minimum atomic E-state index is -3.91. The minimum Gasteiger partial charge on any atom is -0.480 e. The van der Waals surface area contributed by atoms with Crippen LogP contribution in [0.25, 0.3) is 0 Å². The predicted octanol–water partition coefficient (Wildman–Crippen LogP) is -0.301. The Hall–Kier alpha value is -0.0700. The number of carbonyl (C=O) groups is 1. The Labute approximate surface area is 86.0 Å². The van der Waals surface area contributed by atoms with Crippen LogP contribution in [0.3, 0.4) is 0 Å². The smallest absolute Gasteiger partial charge is 0.325 e. The van der Waals surface area contributed by atoms with Crippen LogP contribution in [0, 0.1) is 0 Å². The van der Waals surface area contributed by atoms with Crippen LogP contribution in [-0.2, 0) is 9.36 Å². The van der Waals surface area contributed by atoms with Gasteiger partial charge in [-0.1, -0.05) is 0 Å². The molecule has 84 valence electrons. The minimum absolute atomic E-state index is 0.164. The first kappa shape index (κ1) is 13.9. The Kier molecular flexibility index (Phi) is 6.39. The Morgan fingerprint density at radius 1 is 1.50 bits per heavy atom. The number of nitrogens with two attached hydrogens (primary N) is 1. The van der Waals surface area contributed by atoms with Gasteiger partial charge in [-0.25, -0.2) is 0 Å². The predicted molar refractivity (Wildman–Crippen MR) is 54.5 cm³/mol. The molecule has 0 aromatic heterocycles. The highest BCUT2D eigenvalue weighted by Gasteiger charge is 2.13. The highest BCUT2D eigenvalue weighted by Crippen LogP contribution is 2.35. The Balaban J connectivity index is 3.39. The molecule has 0 bridgehead atoms. The molecule has 0 aliphatic rings. The van der Waals surface area contributed by atoms with E-state index in [9.17, 15) is 9.36 Å². The summed E-state index contributed by atoms with van der Waals surface area (Å²) < 4.78 is 10.4. The van der Waals surface area contributed by atoms with Crippen molar-refractivity contribution in [2.24, 2.45) is 5.73 Å². The van der Waals surface area contributed by atoms with E-state index in [0.717, 1.165) is 0 Å². The SMILES string of the molecule is NC(CSCCCP(=O)(O)O)C(=O)O. The van der Waals surface area contributed by atoms with Crippen LogP contribution in [-0.4, -0.2) is 44.6 Å². The Bertz CT molecular complexity index is 230. The first-order chi connectivity index (χ1) is 6.33. The van der Waals surface area contributed by atoms with Gasteiger partial charge >= 0.3 is 13.6 Å². The number of carboxylic acids is 1. The number of aliphatic carboxylic acids is 1. The largest absolute Gasteiger partial charge is 0.480 e. The monoisotopic (exact) mass is 243 g/mol. The van der Waals surface area contributed by atoms with E-state index in [0.29, 0.717) is 12.2 Å². The average Bonchev–Trinajstić information content (AvgIpc) is 2.01. The fourth-order valence-corrected chi connectivity index (χ4v) is 2.35. The summed E-state index contributed by atoms with van der Waals surface area (Å²) in [4.78, 5) is 27.3. The summed E-state index contributed by atoms with van der Waals surface area (Å²) in [6, 6.07) is -0.907. The molecule has 0 aromatic carbocycles. The van der Waals surface area contributed by atoms with Gasteiger partial charge in [0.2, 0.25) is 0 Å². The molecule has 0 amide bonds. The molecule has 0 aromatic rings. The normalized spacial score (nSPS) is 13.9. The summed E-state index contributed by atoms with van der Waals surface area (Å²) >= 11 is 1.28. The molecule has 5 N–H and O–H groups in total. The van der Waals surface area contributed by atoms with Crippen molar-refractivity contribution in [3.05, 3.63) is 0 Å². The lowest BCUT2D eigenvalue weighted by Crippen LogP contribution is -2.32. The molecule has 0 aliphatic carbocycles. The lowest BCUT2D eigenvalue weighted by Gasteiger charge is -2.06. The summed E-state index contributed by atoms with van der Waals surface area (Å²) in [6.07, 6.45) is 0.198. The first-order valence-corrected chi connectivity index (χ1v) is 6.89. The van der Waals surface area contributed by atoms with Crippen molar-refractivity contribution in [3.8, 4) is 0 Å². The van der Waals surface area contributed by atoms with Gasteiger partial charge in [0.25, 0.3) is 0 Å². The van der Waals surface area contributed by atoms with Gasteiger partial charge in [0.15, 0.2) is 0 Å². The number of hydrogen-bond acceptors (Lipinski definition) is 4. The maximum Gasteiger partial charge on any atom is 0.325 e. The van der Waals surface area contributed by atoms with Crippen molar-refractivity contribution < 1.29 is 24.3 Å². The summed E-state index contributed by atoms with van der Waals surface area (Å²) in [6.45, 7) is 0. The average molecular weight is 243 g/mol. The van der Waals surface area contributed by atoms with Crippen molar-refractivity contribution >= 4 is 25.3 Å². The van der Waals surface area contributed by atoms with Crippen LogP contribution in [0.2, 0.25) is 0 Å². The highest BCUT2D eigenvalue weighted by atomic mass is 32.2. The molecule has 14 heavy (non-hydrogen) atoms. The number of rotatable bonds is 7. The second kappa shape index (κ2) is 6.42. The zero-order valence-electron chi connectivity index (χ0n) is 7.50. The van der Waals surface area contributed by atoms with Crippen LogP contribution in [0.1, 0.15) is 6.42 Å². The molecule has 0 saturated heterocycles. The Morgan fingerprint density at radius 3 is 2.50 bits per heavy atom. The van der Waals surface area contributed by atoms with Crippen LogP contribution in [0.15, 0.2) is 0 Å². The third kappa shape index (κ3) is 8.52.